The fourth-order valence-electron chi connectivity index (χ4n) is 2.98. The quantitative estimate of drug-likeness (QED) is 0.836. The van der Waals surface area contributed by atoms with Gasteiger partial charge in [0.2, 0.25) is 0 Å². The van der Waals surface area contributed by atoms with Crippen LogP contribution in [-0.2, 0) is 6.54 Å². The van der Waals surface area contributed by atoms with Crippen LogP contribution in [0.1, 0.15) is 24.0 Å². The van der Waals surface area contributed by atoms with Crippen LogP contribution in [0.3, 0.4) is 0 Å². The second-order valence-corrected chi connectivity index (χ2v) is 6.47. The van der Waals surface area contributed by atoms with Gasteiger partial charge in [0.15, 0.2) is 0 Å². The van der Waals surface area contributed by atoms with Gasteiger partial charge in [-0.15, -0.1) is 0 Å². The summed E-state index contributed by atoms with van der Waals surface area (Å²) in [6.07, 6.45) is 1.54. The van der Waals surface area contributed by atoms with Crippen molar-refractivity contribution in [2.75, 3.05) is 5.32 Å². The maximum absolute atomic E-state index is 13.6. The lowest BCUT2D eigenvalue weighted by molar-refractivity contribution is 0.620. The molecule has 0 saturated carbocycles. The Bertz CT molecular complexity index is 1040. The molecule has 0 saturated heterocycles. The number of halogens is 2. The van der Waals surface area contributed by atoms with Gasteiger partial charge in [0.1, 0.15) is 12.4 Å². The average molecular weight is 399 g/mol. The number of allylic oxidation sites excluding steroid dienone is 2. The summed E-state index contributed by atoms with van der Waals surface area (Å²) in [5.74, 6) is -1.05. The number of nitrogens with one attached hydrogen (secondary N) is 1. The summed E-state index contributed by atoms with van der Waals surface area (Å²) in [7, 11) is 0. The number of aromatic nitrogens is 1. The van der Waals surface area contributed by atoms with Crippen molar-refractivity contribution in [1.29, 1.82) is 10.5 Å². The van der Waals surface area contributed by atoms with Crippen LogP contribution in [-0.4, -0.2) is 4.57 Å². The van der Waals surface area contributed by atoms with Crippen molar-refractivity contribution in [2.24, 2.45) is 0 Å². The number of rotatable bonds is 2. The summed E-state index contributed by atoms with van der Waals surface area (Å²) >= 11 is 3.15. The molecule has 124 valence electrons. The Morgan fingerprint density at radius 3 is 2.76 bits per heavy atom. The molecule has 7 heteroatoms. The third kappa shape index (κ3) is 2.84. The van der Waals surface area contributed by atoms with Crippen LogP contribution >= 0.6 is 15.9 Å². The van der Waals surface area contributed by atoms with Gasteiger partial charge in [-0.3, -0.25) is 4.79 Å². The van der Waals surface area contributed by atoms with Crippen molar-refractivity contribution in [3.63, 3.8) is 0 Å². The third-order valence-corrected chi connectivity index (χ3v) is 4.75. The Balaban J connectivity index is 2.31. The van der Waals surface area contributed by atoms with Gasteiger partial charge in [-0.1, -0.05) is 6.07 Å². The van der Waals surface area contributed by atoms with E-state index in [1.165, 1.54) is 10.6 Å². The Hall–Kier alpha value is -2.90. The molecule has 0 fully saturated rings. The fourth-order valence-corrected chi connectivity index (χ4v) is 3.38. The number of anilines is 1. The number of nitrogens with zero attached hydrogens (tertiary/aromatic N) is 3. The minimum atomic E-state index is -0.628. The number of nitriles is 2. The van der Waals surface area contributed by atoms with Crippen molar-refractivity contribution < 1.29 is 4.39 Å². The summed E-state index contributed by atoms with van der Waals surface area (Å²) in [4.78, 5) is 12.9. The number of benzene rings is 1. The number of fused-ring (bicyclic) bond motifs is 1. The highest BCUT2D eigenvalue weighted by Gasteiger charge is 2.31. The van der Waals surface area contributed by atoms with E-state index in [1.54, 1.807) is 31.3 Å². The topological polar surface area (TPSA) is 81.6 Å². The van der Waals surface area contributed by atoms with Gasteiger partial charge in [0.25, 0.3) is 5.56 Å². The summed E-state index contributed by atoms with van der Waals surface area (Å²) < 4.78 is 15.2. The van der Waals surface area contributed by atoms with Crippen molar-refractivity contribution in [1.82, 2.24) is 4.57 Å². The Labute approximate surface area is 151 Å². The molecule has 2 aromatic rings. The molecule has 0 bridgehead atoms. The predicted molar refractivity (Wildman–Crippen MR) is 94.2 cm³/mol. The lowest BCUT2D eigenvalue weighted by Gasteiger charge is -2.28. The summed E-state index contributed by atoms with van der Waals surface area (Å²) in [6, 6.07) is 10.2. The number of hydrogen-bond acceptors (Lipinski definition) is 4. The van der Waals surface area contributed by atoms with E-state index in [-0.39, 0.29) is 16.6 Å². The minimum Gasteiger partial charge on any atom is -0.358 e. The lowest BCUT2D eigenvalue weighted by atomic mass is 9.82. The standard InChI is InChI=1S/C18H12BrFN4O/c1-10-12(9-22)16(11-2-3-14(20)13(19)8-11)17-15(23-10)4-6-24(7-5-21)18(17)25/h2-4,6,8,16,23H,7H2,1H3. The van der Waals surface area contributed by atoms with Crippen molar-refractivity contribution >= 4 is 21.6 Å². The molecule has 1 N–H and O–H groups in total. The highest BCUT2D eigenvalue weighted by atomic mass is 79.9. The van der Waals surface area contributed by atoms with E-state index in [9.17, 15) is 14.4 Å². The molecule has 5 nitrogen and oxygen atoms in total. The van der Waals surface area contributed by atoms with E-state index in [4.69, 9.17) is 5.26 Å². The molecular weight excluding hydrogens is 387 g/mol. The molecule has 0 amide bonds. The number of hydrogen-bond donors (Lipinski definition) is 1. The van der Waals surface area contributed by atoms with E-state index in [0.29, 0.717) is 28.1 Å². The Kier molecular flexibility index (Phi) is 4.43. The maximum Gasteiger partial charge on any atom is 0.257 e. The molecule has 0 aliphatic carbocycles. The molecule has 0 spiro atoms. The van der Waals surface area contributed by atoms with Crippen LogP contribution in [0.25, 0.3) is 0 Å². The predicted octanol–water partition coefficient (Wildman–Crippen LogP) is 3.63. The maximum atomic E-state index is 13.6. The first-order chi connectivity index (χ1) is 12.0. The minimum absolute atomic E-state index is 0.0868. The molecule has 3 rings (SSSR count). The SMILES string of the molecule is CC1=C(C#N)C(c2ccc(F)c(Br)c2)c2c(ccn(CC#N)c2=O)N1. The zero-order valence-corrected chi connectivity index (χ0v) is 14.8. The first-order valence-electron chi connectivity index (χ1n) is 7.41. The fraction of sp³-hybridized carbons (Fsp3) is 0.167. The molecule has 1 aliphatic heterocycles. The van der Waals surface area contributed by atoms with Gasteiger partial charge in [0, 0.05) is 17.6 Å². The van der Waals surface area contributed by atoms with Gasteiger partial charge >= 0.3 is 0 Å². The monoisotopic (exact) mass is 398 g/mol. The third-order valence-electron chi connectivity index (χ3n) is 4.14. The zero-order valence-electron chi connectivity index (χ0n) is 13.2. The van der Waals surface area contributed by atoms with Crippen LogP contribution in [0.4, 0.5) is 10.1 Å². The van der Waals surface area contributed by atoms with Crippen LogP contribution in [0.2, 0.25) is 0 Å². The van der Waals surface area contributed by atoms with Gasteiger partial charge in [0.05, 0.1) is 33.7 Å². The van der Waals surface area contributed by atoms with Gasteiger partial charge < -0.3 is 9.88 Å². The lowest BCUT2D eigenvalue weighted by Crippen LogP contribution is -2.30. The first kappa shape index (κ1) is 16.9. The van der Waals surface area contributed by atoms with Gasteiger partial charge in [-0.25, -0.2) is 4.39 Å². The van der Waals surface area contributed by atoms with Crippen LogP contribution in [0, 0.1) is 28.5 Å². The Morgan fingerprint density at radius 2 is 2.12 bits per heavy atom. The zero-order chi connectivity index (χ0) is 18.1. The van der Waals surface area contributed by atoms with Crippen molar-refractivity contribution in [3.05, 3.63) is 73.5 Å². The number of pyridine rings is 1. The highest BCUT2D eigenvalue weighted by molar-refractivity contribution is 9.10. The van der Waals surface area contributed by atoms with E-state index in [0.717, 1.165) is 0 Å². The molecule has 0 radical (unpaired) electrons. The van der Waals surface area contributed by atoms with Crippen LogP contribution < -0.4 is 10.9 Å². The van der Waals surface area contributed by atoms with E-state index < -0.39 is 11.7 Å². The first-order valence-corrected chi connectivity index (χ1v) is 8.20. The largest absolute Gasteiger partial charge is 0.358 e. The second-order valence-electron chi connectivity index (χ2n) is 5.62. The molecule has 1 atom stereocenters. The van der Waals surface area contributed by atoms with Crippen molar-refractivity contribution in [2.45, 2.75) is 19.4 Å². The second kappa shape index (κ2) is 6.54. The summed E-state index contributed by atoms with van der Waals surface area (Å²) in [6.45, 7) is 1.67. The normalized spacial score (nSPS) is 15.8. The smallest absolute Gasteiger partial charge is 0.257 e. The highest BCUT2D eigenvalue weighted by Crippen LogP contribution is 2.40. The van der Waals surface area contributed by atoms with Crippen LogP contribution in [0.15, 0.2) is 51.0 Å². The van der Waals surface area contributed by atoms with Gasteiger partial charge in [-0.05, 0) is 46.6 Å². The summed E-state index contributed by atoms with van der Waals surface area (Å²) in [5, 5.41) is 21.6. The van der Waals surface area contributed by atoms with Crippen LogP contribution in [0.5, 0.6) is 0 Å². The van der Waals surface area contributed by atoms with E-state index in [1.807, 2.05) is 6.07 Å². The van der Waals surface area contributed by atoms with Crippen molar-refractivity contribution in [3.8, 4) is 12.1 Å². The molecule has 1 aliphatic rings. The summed E-state index contributed by atoms with van der Waals surface area (Å²) in [5.41, 5.74) is 2.26. The molecule has 2 heterocycles. The van der Waals surface area contributed by atoms with Gasteiger partial charge in [-0.2, -0.15) is 10.5 Å². The van der Waals surface area contributed by atoms with E-state index in [2.05, 4.69) is 27.3 Å². The molecule has 25 heavy (non-hydrogen) atoms. The average Bonchev–Trinajstić information content (AvgIpc) is 2.59. The molecule has 1 aromatic heterocycles. The Morgan fingerprint density at radius 1 is 1.36 bits per heavy atom. The van der Waals surface area contributed by atoms with E-state index >= 15 is 0 Å². The molecule has 1 aromatic carbocycles. The molecule has 1 unspecified atom stereocenters. The molecular formula is C18H12BrFN4O.